The van der Waals surface area contributed by atoms with E-state index in [0.29, 0.717) is 28.3 Å². The predicted octanol–water partition coefficient (Wildman–Crippen LogP) is 4.95. The fourth-order valence-corrected chi connectivity index (χ4v) is 3.25. The van der Waals surface area contributed by atoms with E-state index in [0.717, 1.165) is 10.9 Å². The van der Waals surface area contributed by atoms with Crippen molar-refractivity contribution in [3.8, 4) is 0 Å². The second kappa shape index (κ2) is 8.63. The zero-order valence-electron chi connectivity index (χ0n) is 18.2. The van der Waals surface area contributed by atoms with E-state index in [2.05, 4.69) is 20.8 Å². The topological polar surface area (TPSA) is 97.1 Å². The van der Waals surface area contributed by atoms with Crippen LogP contribution in [0.3, 0.4) is 0 Å². The van der Waals surface area contributed by atoms with Crippen molar-refractivity contribution < 1.29 is 14.1 Å². The van der Waals surface area contributed by atoms with Gasteiger partial charge in [0.15, 0.2) is 5.82 Å². The molecule has 2 aromatic heterocycles. The maximum atomic E-state index is 12.7. The number of amides is 2. The van der Waals surface area contributed by atoms with Gasteiger partial charge in [0.2, 0.25) is 5.91 Å². The van der Waals surface area contributed by atoms with Gasteiger partial charge in [-0.1, -0.05) is 56.3 Å². The minimum absolute atomic E-state index is 0.180. The molecular formula is C25H24N4O3. The van der Waals surface area contributed by atoms with Gasteiger partial charge in [0.05, 0.1) is 17.5 Å². The molecule has 0 spiro atoms. The lowest BCUT2D eigenvalue weighted by atomic mass is 9.93. The number of aromatic nitrogens is 2. The number of hydrogen-bond acceptors (Lipinski definition) is 5. The Balaban J connectivity index is 1.38. The molecule has 0 atom stereocenters. The van der Waals surface area contributed by atoms with E-state index < -0.39 is 0 Å². The van der Waals surface area contributed by atoms with E-state index in [4.69, 9.17) is 4.52 Å². The Labute approximate surface area is 185 Å². The lowest BCUT2D eigenvalue weighted by Crippen LogP contribution is -2.15. The molecule has 0 fully saturated rings. The summed E-state index contributed by atoms with van der Waals surface area (Å²) in [6, 6.07) is 18.1. The van der Waals surface area contributed by atoms with Crippen LogP contribution < -0.4 is 10.6 Å². The Morgan fingerprint density at radius 3 is 2.44 bits per heavy atom. The Hall–Kier alpha value is -4.00. The predicted molar refractivity (Wildman–Crippen MR) is 124 cm³/mol. The van der Waals surface area contributed by atoms with Gasteiger partial charge in [-0.25, -0.2) is 0 Å². The highest BCUT2D eigenvalue weighted by molar-refractivity contribution is 6.11. The molecule has 2 amide bonds. The third kappa shape index (κ3) is 4.83. The number of rotatable bonds is 5. The highest BCUT2D eigenvalue weighted by Crippen LogP contribution is 2.24. The summed E-state index contributed by atoms with van der Waals surface area (Å²) in [5, 5.41) is 10.4. The zero-order valence-corrected chi connectivity index (χ0v) is 18.2. The van der Waals surface area contributed by atoms with Crippen LogP contribution in [0.5, 0.6) is 0 Å². The zero-order chi connectivity index (χ0) is 22.7. The van der Waals surface area contributed by atoms with Crippen LogP contribution in [0.1, 0.15) is 42.5 Å². The minimum atomic E-state index is -0.236. The van der Waals surface area contributed by atoms with Crippen molar-refractivity contribution in [2.24, 2.45) is 0 Å². The number of nitrogens with zero attached hydrogens (tertiary/aromatic N) is 2. The molecular weight excluding hydrogens is 404 g/mol. The summed E-state index contributed by atoms with van der Waals surface area (Å²) in [5.41, 5.74) is 2.43. The first-order chi connectivity index (χ1) is 15.3. The van der Waals surface area contributed by atoms with Gasteiger partial charge in [-0.3, -0.25) is 14.6 Å². The molecule has 0 aliphatic heterocycles. The number of carbonyl (C=O) groups is 2. The van der Waals surface area contributed by atoms with E-state index in [1.54, 1.807) is 42.6 Å². The van der Waals surface area contributed by atoms with Crippen molar-refractivity contribution in [3.05, 3.63) is 83.7 Å². The molecule has 0 unspecified atom stereocenters. The van der Waals surface area contributed by atoms with Crippen molar-refractivity contribution in [3.63, 3.8) is 0 Å². The average Bonchev–Trinajstić information content (AvgIpc) is 3.23. The summed E-state index contributed by atoms with van der Waals surface area (Å²) in [6.07, 6.45) is 1.85. The third-order valence-electron chi connectivity index (χ3n) is 4.97. The smallest absolute Gasteiger partial charge is 0.257 e. The molecule has 4 aromatic rings. The highest BCUT2D eigenvalue weighted by atomic mass is 16.5. The van der Waals surface area contributed by atoms with Crippen LogP contribution in [-0.2, 0) is 16.6 Å². The van der Waals surface area contributed by atoms with Gasteiger partial charge in [0.1, 0.15) is 5.76 Å². The molecule has 4 rings (SSSR count). The van der Waals surface area contributed by atoms with Crippen LogP contribution in [0.15, 0.2) is 71.4 Å². The lowest BCUT2D eigenvalue weighted by Gasteiger charge is -2.12. The van der Waals surface area contributed by atoms with E-state index in [-0.39, 0.29) is 23.7 Å². The second-order valence-electron chi connectivity index (χ2n) is 8.58. The summed E-state index contributed by atoms with van der Waals surface area (Å²) >= 11 is 0. The monoisotopic (exact) mass is 428 g/mol. The second-order valence-corrected chi connectivity index (χ2v) is 8.58. The van der Waals surface area contributed by atoms with Crippen LogP contribution in [0.4, 0.5) is 11.5 Å². The van der Waals surface area contributed by atoms with E-state index in [1.165, 1.54) is 0 Å². The van der Waals surface area contributed by atoms with Gasteiger partial charge < -0.3 is 15.2 Å². The molecule has 2 heterocycles. The van der Waals surface area contributed by atoms with E-state index in [9.17, 15) is 9.59 Å². The molecule has 162 valence electrons. The van der Waals surface area contributed by atoms with Crippen LogP contribution in [-0.4, -0.2) is 22.0 Å². The van der Waals surface area contributed by atoms with Crippen LogP contribution in [0.25, 0.3) is 10.9 Å². The third-order valence-corrected chi connectivity index (χ3v) is 4.97. The Bertz CT molecular complexity index is 1270. The highest BCUT2D eigenvalue weighted by Gasteiger charge is 2.20. The summed E-state index contributed by atoms with van der Waals surface area (Å²) in [6.45, 7) is 6.03. The number of pyridine rings is 1. The molecule has 7 heteroatoms. The summed E-state index contributed by atoms with van der Waals surface area (Å²) < 4.78 is 5.29. The number of fused-ring (bicyclic) bond motifs is 1. The Morgan fingerprint density at radius 1 is 0.969 bits per heavy atom. The fourth-order valence-electron chi connectivity index (χ4n) is 3.25. The molecule has 0 radical (unpaired) electrons. The molecule has 0 aliphatic carbocycles. The number of para-hydroxylation sites is 1. The first-order valence-corrected chi connectivity index (χ1v) is 10.3. The van der Waals surface area contributed by atoms with Crippen LogP contribution in [0, 0.1) is 0 Å². The number of benzene rings is 2. The van der Waals surface area contributed by atoms with Crippen molar-refractivity contribution in [1.82, 2.24) is 10.1 Å². The van der Waals surface area contributed by atoms with Gasteiger partial charge in [0.25, 0.3) is 5.91 Å². The molecule has 7 nitrogen and oxygen atoms in total. The van der Waals surface area contributed by atoms with Crippen molar-refractivity contribution >= 4 is 34.2 Å². The van der Waals surface area contributed by atoms with Crippen molar-refractivity contribution in [1.29, 1.82) is 0 Å². The Morgan fingerprint density at radius 2 is 1.72 bits per heavy atom. The van der Waals surface area contributed by atoms with Gasteiger partial charge >= 0.3 is 0 Å². The number of carbonyl (C=O) groups excluding carboxylic acids is 2. The Kier molecular flexibility index (Phi) is 5.73. The standard InChI is InChI=1S/C25H24N4O3/c1-25(2,3)20-15-21(29-32-20)28-22(30)14-16-9-11-18(12-10-16)27-24(31)19-8-4-6-17-7-5-13-26-23(17)19/h4-13,15H,14H2,1-3H3,(H,27,31)(H,28,29,30). The molecule has 0 bridgehead atoms. The van der Waals surface area contributed by atoms with Gasteiger partial charge in [-0.2, -0.15) is 0 Å². The molecule has 2 aromatic carbocycles. The van der Waals surface area contributed by atoms with Gasteiger partial charge in [-0.15, -0.1) is 0 Å². The summed E-state index contributed by atoms with van der Waals surface area (Å²) in [4.78, 5) is 29.4. The number of hydrogen-bond donors (Lipinski definition) is 2. The van der Waals surface area contributed by atoms with Crippen LogP contribution in [0.2, 0.25) is 0 Å². The average molecular weight is 428 g/mol. The molecule has 2 N–H and O–H groups in total. The molecule has 0 aliphatic rings. The number of nitrogens with one attached hydrogen (secondary N) is 2. The summed E-state index contributed by atoms with van der Waals surface area (Å²) in [5.74, 6) is 0.666. The molecule has 0 saturated heterocycles. The maximum Gasteiger partial charge on any atom is 0.257 e. The lowest BCUT2D eigenvalue weighted by molar-refractivity contribution is -0.115. The SMILES string of the molecule is CC(C)(C)c1cc(NC(=O)Cc2ccc(NC(=O)c3cccc4cccnc34)cc2)no1. The first-order valence-electron chi connectivity index (χ1n) is 10.3. The number of anilines is 2. The van der Waals surface area contributed by atoms with E-state index >= 15 is 0 Å². The van der Waals surface area contributed by atoms with Crippen LogP contribution >= 0.6 is 0 Å². The van der Waals surface area contributed by atoms with Gasteiger partial charge in [-0.05, 0) is 29.8 Å². The normalized spacial score (nSPS) is 11.3. The van der Waals surface area contributed by atoms with Gasteiger partial charge in [0, 0.05) is 28.8 Å². The van der Waals surface area contributed by atoms with Crippen molar-refractivity contribution in [2.75, 3.05) is 10.6 Å². The molecule has 0 saturated carbocycles. The largest absolute Gasteiger partial charge is 0.359 e. The van der Waals surface area contributed by atoms with Crippen molar-refractivity contribution in [2.45, 2.75) is 32.6 Å². The molecule has 32 heavy (non-hydrogen) atoms. The first kappa shape index (κ1) is 21.2. The summed E-state index contributed by atoms with van der Waals surface area (Å²) in [7, 11) is 0. The minimum Gasteiger partial charge on any atom is -0.359 e. The van der Waals surface area contributed by atoms with E-state index in [1.807, 2.05) is 45.0 Å². The fraction of sp³-hybridized carbons (Fsp3) is 0.200. The maximum absolute atomic E-state index is 12.7. The quantitative estimate of drug-likeness (QED) is 0.469.